The summed E-state index contributed by atoms with van der Waals surface area (Å²) in [7, 11) is 0. The molecule has 21 heavy (non-hydrogen) atoms. The Kier molecular flexibility index (Phi) is 3.61. The molecule has 5 heteroatoms. The fraction of sp³-hybridized carbons (Fsp3) is 0.0625. The standard InChI is InChI=1S/C16H13N5/c17-10-13-5-7-18-16(9-13)19-11-12-1-3-14(4-2-12)15-6-8-20-21-15/h1-9H,11H2,(H,18,19)(H,20,21). The Bertz CT molecular complexity index is 754. The molecule has 0 saturated carbocycles. The van der Waals surface area contributed by atoms with E-state index >= 15 is 0 Å². The molecule has 3 aromatic rings. The van der Waals surface area contributed by atoms with Gasteiger partial charge in [0.2, 0.25) is 0 Å². The first-order valence-electron chi connectivity index (χ1n) is 6.54. The minimum Gasteiger partial charge on any atom is -0.366 e. The molecule has 0 amide bonds. The molecular weight excluding hydrogens is 262 g/mol. The molecule has 0 fully saturated rings. The predicted octanol–water partition coefficient (Wildman–Crippen LogP) is 2.96. The Morgan fingerprint density at radius 1 is 1.10 bits per heavy atom. The fourth-order valence-electron chi connectivity index (χ4n) is 2.01. The molecule has 0 atom stereocenters. The number of aromatic nitrogens is 3. The van der Waals surface area contributed by atoms with Crippen molar-refractivity contribution >= 4 is 5.82 Å². The summed E-state index contributed by atoms with van der Waals surface area (Å²) in [6.07, 6.45) is 3.36. The van der Waals surface area contributed by atoms with E-state index in [1.807, 2.05) is 18.2 Å². The summed E-state index contributed by atoms with van der Waals surface area (Å²) >= 11 is 0. The van der Waals surface area contributed by atoms with E-state index in [0.29, 0.717) is 17.9 Å². The lowest BCUT2D eigenvalue weighted by atomic mass is 10.1. The van der Waals surface area contributed by atoms with Gasteiger partial charge in [0.1, 0.15) is 5.82 Å². The average Bonchev–Trinajstić information content (AvgIpc) is 3.08. The van der Waals surface area contributed by atoms with Crippen molar-refractivity contribution in [1.29, 1.82) is 5.26 Å². The number of aromatic amines is 1. The predicted molar refractivity (Wildman–Crippen MR) is 80.3 cm³/mol. The number of benzene rings is 1. The van der Waals surface area contributed by atoms with E-state index in [2.05, 4.69) is 38.7 Å². The summed E-state index contributed by atoms with van der Waals surface area (Å²) in [6, 6.07) is 15.7. The molecule has 2 aromatic heterocycles. The van der Waals surface area contributed by atoms with Gasteiger partial charge in [-0.25, -0.2) is 4.98 Å². The SMILES string of the molecule is N#Cc1ccnc(NCc2ccc(-c3ccn[nH]3)cc2)c1. The summed E-state index contributed by atoms with van der Waals surface area (Å²) in [5.41, 5.74) is 3.84. The number of hydrogen-bond acceptors (Lipinski definition) is 4. The molecule has 0 radical (unpaired) electrons. The van der Waals surface area contributed by atoms with Crippen LogP contribution >= 0.6 is 0 Å². The van der Waals surface area contributed by atoms with Gasteiger partial charge in [-0.05, 0) is 29.3 Å². The highest BCUT2D eigenvalue weighted by Gasteiger charge is 2.00. The fourth-order valence-corrected chi connectivity index (χ4v) is 2.01. The molecule has 2 N–H and O–H groups in total. The van der Waals surface area contributed by atoms with E-state index < -0.39 is 0 Å². The topological polar surface area (TPSA) is 77.4 Å². The Morgan fingerprint density at radius 2 is 1.95 bits per heavy atom. The van der Waals surface area contributed by atoms with E-state index in [1.54, 1.807) is 24.5 Å². The van der Waals surface area contributed by atoms with Crippen LogP contribution in [0.3, 0.4) is 0 Å². The van der Waals surface area contributed by atoms with Gasteiger partial charge in [0.25, 0.3) is 0 Å². The van der Waals surface area contributed by atoms with Crippen LogP contribution in [-0.4, -0.2) is 15.2 Å². The van der Waals surface area contributed by atoms with Crippen LogP contribution in [0, 0.1) is 11.3 Å². The van der Waals surface area contributed by atoms with E-state index in [4.69, 9.17) is 5.26 Å². The lowest BCUT2D eigenvalue weighted by molar-refractivity contribution is 1.09. The number of nitrogens with one attached hydrogen (secondary N) is 2. The summed E-state index contributed by atoms with van der Waals surface area (Å²) in [6.45, 7) is 0.658. The number of anilines is 1. The molecule has 102 valence electrons. The molecule has 2 heterocycles. The van der Waals surface area contributed by atoms with Gasteiger partial charge in [0, 0.05) is 18.9 Å². The number of pyridine rings is 1. The number of rotatable bonds is 4. The molecule has 1 aromatic carbocycles. The van der Waals surface area contributed by atoms with Crippen LogP contribution in [0.25, 0.3) is 11.3 Å². The van der Waals surface area contributed by atoms with Crippen LogP contribution in [-0.2, 0) is 6.54 Å². The summed E-state index contributed by atoms with van der Waals surface area (Å²) < 4.78 is 0. The van der Waals surface area contributed by atoms with Crippen molar-refractivity contribution in [2.24, 2.45) is 0 Å². The van der Waals surface area contributed by atoms with Crippen molar-refractivity contribution < 1.29 is 0 Å². The van der Waals surface area contributed by atoms with Crippen molar-refractivity contribution in [3.63, 3.8) is 0 Å². The molecule has 0 unspecified atom stereocenters. The molecule has 0 spiro atoms. The third-order valence-electron chi connectivity index (χ3n) is 3.13. The van der Waals surface area contributed by atoms with Gasteiger partial charge >= 0.3 is 0 Å². The minimum atomic E-state index is 0.599. The average molecular weight is 275 g/mol. The zero-order chi connectivity index (χ0) is 14.5. The van der Waals surface area contributed by atoms with E-state index in [0.717, 1.165) is 16.8 Å². The normalized spacial score (nSPS) is 10.0. The first kappa shape index (κ1) is 12.9. The molecular formula is C16H13N5. The molecule has 3 rings (SSSR count). The van der Waals surface area contributed by atoms with Crippen molar-refractivity contribution in [2.45, 2.75) is 6.54 Å². The van der Waals surface area contributed by atoms with E-state index in [-0.39, 0.29) is 0 Å². The molecule has 0 saturated heterocycles. The Labute approximate surface area is 122 Å². The van der Waals surface area contributed by atoms with Crippen molar-refractivity contribution in [3.05, 3.63) is 66.0 Å². The van der Waals surface area contributed by atoms with Crippen LogP contribution in [0.5, 0.6) is 0 Å². The second-order valence-corrected chi connectivity index (χ2v) is 4.56. The highest BCUT2D eigenvalue weighted by Crippen LogP contribution is 2.17. The molecule has 0 bridgehead atoms. The summed E-state index contributed by atoms with van der Waals surface area (Å²) in [5.74, 6) is 0.701. The van der Waals surface area contributed by atoms with Crippen molar-refractivity contribution in [2.75, 3.05) is 5.32 Å². The number of nitriles is 1. The number of H-pyrrole nitrogens is 1. The maximum Gasteiger partial charge on any atom is 0.127 e. The van der Waals surface area contributed by atoms with Gasteiger partial charge in [0.15, 0.2) is 0 Å². The molecule has 0 aliphatic heterocycles. The third kappa shape index (κ3) is 3.07. The zero-order valence-corrected chi connectivity index (χ0v) is 11.2. The van der Waals surface area contributed by atoms with Gasteiger partial charge in [-0.1, -0.05) is 24.3 Å². The van der Waals surface area contributed by atoms with Gasteiger partial charge < -0.3 is 5.32 Å². The zero-order valence-electron chi connectivity index (χ0n) is 11.2. The Balaban J connectivity index is 1.67. The lowest BCUT2D eigenvalue weighted by Crippen LogP contribution is -2.01. The van der Waals surface area contributed by atoms with Crippen molar-refractivity contribution in [3.8, 4) is 17.3 Å². The van der Waals surface area contributed by atoms with Crippen LogP contribution in [0.15, 0.2) is 54.9 Å². The minimum absolute atomic E-state index is 0.599. The van der Waals surface area contributed by atoms with E-state index in [1.165, 1.54) is 0 Å². The largest absolute Gasteiger partial charge is 0.366 e. The lowest BCUT2D eigenvalue weighted by Gasteiger charge is -2.06. The second-order valence-electron chi connectivity index (χ2n) is 4.56. The Morgan fingerprint density at radius 3 is 2.67 bits per heavy atom. The Hall–Kier alpha value is -3.13. The highest BCUT2D eigenvalue weighted by molar-refractivity contribution is 5.58. The molecule has 0 aliphatic rings. The molecule has 0 aliphatic carbocycles. The molecule has 5 nitrogen and oxygen atoms in total. The highest BCUT2D eigenvalue weighted by atomic mass is 15.1. The monoisotopic (exact) mass is 275 g/mol. The van der Waals surface area contributed by atoms with Crippen molar-refractivity contribution in [1.82, 2.24) is 15.2 Å². The van der Waals surface area contributed by atoms with Crippen LogP contribution < -0.4 is 5.32 Å². The van der Waals surface area contributed by atoms with Gasteiger partial charge in [-0.15, -0.1) is 0 Å². The first-order chi connectivity index (χ1) is 10.3. The summed E-state index contributed by atoms with van der Waals surface area (Å²) in [5, 5.41) is 18.9. The number of nitrogens with zero attached hydrogens (tertiary/aromatic N) is 3. The van der Waals surface area contributed by atoms with Crippen LogP contribution in [0.2, 0.25) is 0 Å². The van der Waals surface area contributed by atoms with Gasteiger partial charge in [-0.3, -0.25) is 5.10 Å². The van der Waals surface area contributed by atoms with Crippen LogP contribution in [0.1, 0.15) is 11.1 Å². The van der Waals surface area contributed by atoms with Gasteiger partial charge in [-0.2, -0.15) is 10.4 Å². The summed E-state index contributed by atoms with van der Waals surface area (Å²) in [4.78, 5) is 4.19. The maximum absolute atomic E-state index is 8.85. The first-order valence-corrected chi connectivity index (χ1v) is 6.54. The van der Waals surface area contributed by atoms with E-state index in [9.17, 15) is 0 Å². The number of hydrogen-bond donors (Lipinski definition) is 2. The second kappa shape index (κ2) is 5.88. The maximum atomic E-state index is 8.85. The van der Waals surface area contributed by atoms with Gasteiger partial charge in [0.05, 0.1) is 17.3 Å². The quantitative estimate of drug-likeness (QED) is 0.767. The smallest absolute Gasteiger partial charge is 0.127 e. The third-order valence-corrected chi connectivity index (χ3v) is 3.13. The van der Waals surface area contributed by atoms with Crippen LogP contribution in [0.4, 0.5) is 5.82 Å².